The predicted octanol–water partition coefficient (Wildman–Crippen LogP) is 3.08. The fourth-order valence-corrected chi connectivity index (χ4v) is 2.41. The van der Waals surface area contributed by atoms with Gasteiger partial charge in [0.15, 0.2) is 5.65 Å². The van der Waals surface area contributed by atoms with Gasteiger partial charge in [0.25, 0.3) is 0 Å². The first-order valence-corrected chi connectivity index (χ1v) is 6.67. The van der Waals surface area contributed by atoms with Gasteiger partial charge in [-0.05, 0) is 13.8 Å². The highest BCUT2D eigenvalue weighted by Crippen LogP contribution is 2.27. The van der Waals surface area contributed by atoms with Gasteiger partial charge >= 0.3 is 0 Å². The number of anilines is 1. The van der Waals surface area contributed by atoms with E-state index in [9.17, 15) is 0 Å². The molecule has 0 amide bonds. The number of fused-ring (bicyclic) bond motifs is 1. The molecule has 0 radical (unpaired) electrons. The molecule has 102 valence electrons. The monoisotopic (exact) mass is 266 g/mol. The zero-order chi connectivity index (χ0) is 14.3. The first kappa shape index (κ1) is 12.7. The highest BCUT2D eigenvalue weighted by atomic mass is 15.3. The van der Waals surface area contributed by atoms with Crippen molar-refractivity contribution in [3.05, 3.63) is 47.7 Å². The van der Waals surface area contributed by atoms with Crippen molar-refractivity contribution in [1.82, 2.24) is 14.6 Å². The molecule has 0 unspecified atom stereocenters. The Labute approximate surface area is 118 Å². The molecule has 1 aromatic carbocycles. The Balaban J connectivity index is 2.32. The minimum atomic E-state index is 0.924. The molecule has 0 N–H and O–H groups in total. The first-order chi connectivity index (χ1) is 9.58. The smallest absolute Gasteiger partial charge is 0.161 e. The summed E-state index contributed by atoms with van der Waals surface area (Å²) in [4.78, 5) is 6.70. The normalized spacial score (nSPS) is 11.0. The maximum absolute atomic E-state index is 4.76. The van der Waals surface area contributed by atoms with Crippen LogP contribution in [0.3, 0.4) is 0 Å². The minimum Gasteiger partial charge on any atom is -0.363 e. The zero-order valence-corrected chi connectivity index (χ0v) is 12.3. The van der Waals surface area contributed by atoms with Crippen LogP contribution in [0.15, 0.2) is 36.4 Å². The fraction of sp³-hybridized carbons (Fsp3) is 0.250. The lowest BCUT2D eigenvalue weighted by Crippen LogP contribution is -2.14. The van der Waals surface area contributed by atoms with Gasteiger partial charge in [0.05, 0.1) is 5.69 Å². The van der Waals surface area contributed by atoms with Gasteiger partial charge in [0, 0.05) is 37.0 Å². The molecular formula is C16H18N4. The van der Waals surface area contributed by atoms with Gasteiger partial charge < -0.3 is 4.90 Å². The summed E-state index contributed by atoms with van der Waals surface area (Å²) < 4.78 is 1.92. The van der Waals surface area contributed by atoms with Crippen molar-refractivity contribution < 1.29 is 0 Å². The summed E-state index contributed by atoms with van der Waals surface area (Å²) in [5.74, 6) is 1.04. The molecular weight excluding hydrogens is 248 g/mol. The Morgan fingerprint density at radius 3 is 2.40 bits per heavy atom. The van der Waals surface area contributed by atoms with Gasteiger partial charge in [-0.25, -0.2) is 4.98 Å². The highest BCUT2D eigenvalue weighted by Gasteiger charge is 2.15. The molecule has 0 atom stereocenters. The summed E-state index contributed by atoms with van der Waals surface area (Å²) in [6.07, 6.45) is 0. The number of hydrogen-bond acceptors (Lipinski definition) is 3. The van der Waals surface area contributed by atoms with E-state index in [-0.39, 0.29) is 0 Å². The Bertz CT molecular complexity index is 757. The van der Waals surface area contributed by atoms with Crippen LogP contribution in [0.4, 0.5) is 5.82 Å². The van der Waals surface area contributed by atoms with Crippen LogP contribution in [0.1, 0.15) is 11.3 Å². The molecule has 0 fully saturated rings. The number of rotatable bonds is 2. The molecule has 3 rings (SSSR count). The van der Waals surface area contributed by atoms with E-state index in [4.69, 9.17) is 5.10 Å². The zero-order valence-electron chi connectivity index (χ0n) is 12.3. The Hall–Kier alpha value is -2.36. The molecule has 4 nitrogen and oxygen atoms in total. The molecule has 0 saturated carbocycles. The van der Waals surface area contributed by atoms with Crippen LogP contribution in [0.2, 0.25) is 0 Å². The number of hydrogen-bond donors (Lipinski definition) is 0. The lowest BCUT2D eigenvalue weighted by atomic mass is 10.1. The first-order valence-electron chi connectivity index (χ1n) is 6.67. The molecule has 0 bridgehead atoms. The maximum Gasteiger partial charge on any atom is 0.161 e. The Kier molecular flexibility index (Phi) is 2.93. The second kappa shape index (κ2) is 4.63. The minimum absolute atomic E-state index is 0.924. The van der Waals surface area contributed by atoms with E-state index in [0.29, 0.717) is 0 Å². The molecule has 0 saturated heterocycles. The van der Waals surface area contributed by atoms with Gasteiger partial charge in [-0.15, -0.1) is 0 Å². The third-order valence-electron chi connectivity index (χ3n) is 3.43. The van der Waals surface area contributed by atoms with Gasteiger partial charge in [-0.1, -0.05) is 30.3 Å². The van der Waals surface area contributed by atoms with Crippen LogP contribution in [-0.2, 0) is 0 Å². The lowest BCUT2D eigenvalue weighted by Gasteiger charge is -2.14. The van der Waals surface area contributed by atoms with Crippen LogP contribution in [0.5, 0.6) is 0 Å². The quantitative estimate of drug-likeness (QED) is 0.714. The summed E-state index contributed by atoms with van der Waals surface area (Å²) in [5.41, 5.74) is 5.16. The lowest BCUT2D eigenvalue weighted by molar-refractivity contribution is 0.891. The standard InChI is InChI=1S/C16H18N4/c1-11-10-14(19(3)4)20-16(17-11)12(2)15(18-20)13-8-6-5-7-9-13/h5-10H,1-4H3. The van der Waals surface area contributed by atoms with Crippen LogP contribution in [0, 0.1) is 13.8 Å². The van der Waals surface area contributed by atoms with Crippen molar-refractivity contribution >= 4 is 11.5 Å². The van der Waals surface area contributed by atoms with E-state index in [0.717, 1.165) is 34.0 Å². The van der Waals surface area contributed by atoms with Crippen LogP contribution in [-0.4, -0.2) is 28.7 Å². The summed E-state index contributed by atoms with van der Waals surface area (Å²) in [7, 11) is 4.04. The molecule has 2 aromatic heterocycles. The molecule has 0 spiro atoms. The van der Waals surface area contributed by atoms with Crippen molar-refractivity contribution in [2.75, 3.05) is 19.0 Å². The molecule has 4 heteroatoms. The van der Waals surface area contributed by atoms with Crippen molar-refractivity contribution in [3.63, 3.8) is 0 Å². The summed E-state index contributed by atoms with van der Waals surface area (Å²) in [6, 6.07) is 12.3. The molecule has 2 heterocycles. The molecule has 0 aliphatic rings. The topological polar surface area (TPSA) is 33.4 Å². The average molecular weight is 266 g/mol. The number of aromatic nitrogens is 3. The largest absolute Gasteiger partial charge is 0.363 e. The average Bonchev–Trinajstić information content (AvgIpc) is 2.76. The van der Waals surface area contributed by atoms with E-state index in [1.54, 1.807) is 0 Å². The van der Waals surface area contributed by atoms with Crippen molar-refractivity contribution in [2.45, 2.75) is 13.8 Å². The van der Waals surface area contributed by atoms with Crippen LogP contribution < -0.4 is 4.90 Å². The second-order valence-corrected chi connectivity index (χ2v) is 5.23. The van der Waals surface area contributed by atoms with Gasteiger partial charge in [0.2, 0.25) is 0 Å². The predicted molar refractivity (Wildman–Crippen MR) is 82.2 cm³/mol. The number of nitrogens with zero attached hydrogens (tertiary/aromatic N) is 4. The summed E-state index contributed by atoms with van der Waals surface area (Å²) in [5, 5.41) is 4.76. The van der Waals surface area contributed by atoms with E-state index in [1.165, 1.54) is 0 Å². The second-order valence-electron chi connectivity index (χ2n) is 5.23. The highest BCUT2D eigenvalue weighted by molar-refractivity contribution is 5.71. The molecule has 3 aromatic rings. The third-order valence-corrected chi connectivity index (χ3v) is 3.43. The molecule has 0 aliphatic heterocycles. The van der Waals surface area contributed by atoms with E-state index in [1.807, 2.05) is 49.8 Å². The van der Waals surface area contributed by atoms with Gasteiger partial charge in [0.1, 0.15) is 5.82 Å². The van der Waals surface area contributed by atoms with Crippen LogP contribution in [0.25, 0.3) is 16.9 Å². The molecule has 20 heavy (non-hydrogen) atoms. The maximum atomic E-state index is 4.76. The Morgan fingerprint density at radius 2 is 1.75 bits per heavy atom. The summed E-state index contributed by atoms with van der Waals surface area (Å²) in [6.45, 7) is 4.10. The third kappa shape index (κ3) is 1.93. The Morgan fingerprint density at radius 1 is 1.05 bits per heavy atom. The van der Waals surface area contributed by atoms with Gasteiger partial charge in [-0.3, -0.25) is 0 Å². The van der Waals surface area contributed by atoms with E-state index in [2.05, 4.69) is 28.9 Å². The fourth-order valence-electron chi connectivity index (χ4n) is 2.41. The van der Waals surface area contributed by atoms with Gasteiger partial charge in [-0.2, -0.15) is 9.61 Å². The van der Waals surface area contributed by atoms with Crippen molar-refractivity contribution in [1.29, 1.82) is 0 Å². The van der Waals surface area contributed by atoms with Crippen molar-refractivity contribution in [3.8, 4) is 11.3 Å². The van der Waals surface area contributed by atoms with Crippen molar-refractivity contribution in [2.24, 2.45) is 0 Å². The summed E-state index contributed by atoms with van der Waals surface area (Å²) >= 11 is 0. The molecule has 0 aliphatic carbocycles. The number of aryl methyl sites for hydroxylation is 2. The van der Waals surface area contributed by atoms with E-state index >= 15 is 0 Å². The number of benzene rings is 1. The van der Waals surface area contributed by atoms with Crippen LogP contribution >= 0.6 is 0 Å². The van der Waals surface area contributed by atoms with E-state index < -0.39 is 0 Å². The SMILES string of the molecule is Cc1cc(N(C)C)n2nc(-c3ccccc3)c(C)c2n1.